The van der Waals surface area contributed by atoms with E-state index in [2.05, 4.69) is 6.92 Å². The van der Waals surface area contributed by atoms with Gasteiger partial charge in [-0.15, -0.1) is 0 Å². The molecule has 2 atom stereocenters. The van der Waals surface area contributed by atoms with Crippen molar-refractivity contribution in [2.45, 2.75) is 45.1 Å². The van der Waals surface area contributed by atoms with Crippen LogP contribution in [0.15, 0.2) is 24.3 Å². The lowest BCUT2D eigenvalue weighted by Crippen LogP contribution is -2.45. The molecule has 0 aliphatic carbocycles. The summed E-state index contributed by atoms with van der Waals surface area (Å²) in [5.74, 6) is -0.0871. The van der Waals surface area contributed by atoms with E-state index in [1.807, 2.05) is 29.2 Å². The molecule has 3 rings (SSSR count). The van der Waals surface area contributed by atoms with Crippen molar-refractivity contribution < 1.29 is 19.1 Å². The van der Waals surface area contributed by atoms with Crippen LogP contribution in [0, 0.1) is 11.8 Å². The highest BCUT2D eigenvalue weighted by Crippen LogP contribution is 2.40. The van der Waals surface area contributed by atoms with E-state index in [1.165, 1.54) is 0 Å². The Bertz CT molecular complexity index is 741. The summed E-state index contributed by atoms with van der Waals surface area (Å²) in [6.07, 6.45) is 3.31. The normalized spacial score (nSPS) is 22.8. The summed E-state index contributed by atoms with van der Waals surface area (Å²) >= 11 is 0. The minimum atomic E-state index is -0.405. The number of carbonyl (C=O) groups is 3. The van der Waals surface area contributed by atoms with E-state index in [-0.39, 0.29) is 36.1 Å². The number of likely N-dealkylation sites (tertiary alicyclic amines) is 2. The van der Waals surface area contributed by atoms with E-state index in [1.54, 1.807) is 12.0 Å². The molecule has 0 radical (unpaired) electrons. The quantitative estimate of drug-likeness (QED) is 0.757. The summed E-state index contributed by atoms with van der Waals surface area (Å²) in [5.41, 5.74) is 6.37. The molecule has 2 unspecified atom stereocenters. The molecular weight excluding hydrogens is 370 g/mol. The van der Waals surface area contributed by atoms with Crippen LogP contribution in [-0.4, -0.2) is 54.3 Å². The molecular formula is C22H31N3O4. The van der Waals surface area contributed by atoms with Gasteiger partial charge >= 0.3 is 0 Å². The summed E-state index contributed by atoms with van der Waals surface area (Å²) in [4.78, 5) is 41.2. The molecule has 2 aliphatic heterocycles. The average Bonchev–Trinajstić information content (AvgIpc) is 3.07. The van der Waals surface area contributed by atoms with Crippen LogP contribution < -0.4 is 10.5 Å². The summed E-state index contributed by atoms with van der Waals surface area (Å²) in [6, 6.07) is 7.37. The second kappa shape index (κ2) is 9.29. The highest BCUT2D eigenvalue weighted by atomic mass is 16.5. The van der Waals surface area contributed by atoms with E-state index in [4.69, 9.17) is 10.5 Å². The fourth-order valence-electron chi connectivity index (χ4n) is 4.44. The highest BCUT2D eigenvalue weighted by Gasteiger charge is 2.46. The number of ether oxygens (including phenoxy) is 1. The van der Waals surface area contributed by atoms with Crippen molar-refractivity contribution in [3.8, 4) is 5.75 Å². The summed E-state index contributed by atoms with van der Waals surface area (Å²) in [7, 11) is 1.61. The first-order valence-corrected chi connectivity index (χ1v) is 10.5. The van der Waals surface area contributed by atoms with Gasteiger partial charge in [0.05, 0.1) is 19.1 Å². The Labute approximate surface area is 172 Å². The topological polar surface area (TPSA) is 92.9 Å². The Hall–Kier alpha value is -2.57. The third-order valence-electron chi connectivity index (χ3n) is 6.17. The van der Waals surface area contributed by atoms with Gasteiger partial charge in [-0.05, 0) is 37.0 Å². The van der Waals surface area contributed by atoms with E-state index < -0.39 is 5.92 Å². The lowest BCUT2D eigenvalue weighted by Gasteiger charge is -2.35. The number of hydrogen-bond donors (Lipinski definition) is 1. The van der Waals surface area contributed by atoms with Gasteiger partial charge in [0.15, 0.2) is 0 Å². The number of carbonyl (C=O) groups excluding carboxylic acids is 3. The average molecular weight is 402 g/mol. The zero-order valence-electron chi connectivity index (χ0n) is 17.3. The van der Waals surface area contributed by atoms with Gasteiger partial charge in [0.25, 0.3) is 0 Å². The number of primary amides is 1. The number of hydrogen-bond acceptors (Lipinski definition) is 4. The van der Waals surface area contributed by atoms with E-state index in [0.29, 0.717) is 32.5 Å². The fraction of sp³-hybridized carbons (Fsp3) is 0.591. The first-order valence-electron chi connectivity index (χ1n) is 10.5. The van der Waals surface area contributed by atoms with Gasteiger partial charge in [-0.3, -0.25) is 14.4 Å². The Morgan fingerprint density at radius 2 is 1.83 bits per heavy atom. The maximum Gasteiger partial charge on any atom is 0.228 e. The molecule has 7 heteroatoms. The number of nitrogens with zero attached hydrogens (tertiary/aromatic N) is 2. The molecule has 2 aliphatic rings. The molecule has 158 valence electrons. The third kappa shape index (κ3) is 4.54. The first-order chi connectivity index (χ1) is 14.0. The largest absolute Gasteiger partial charge is 0.497 e. The molecule has 0 spiro atoms. The van der Waals surface area contributed by atoms with Crippen molar-refractivity contribution in [3.05, 3.63) is 29.8 Å². The zero-order valence-corrected chi connectivity index (χ0v) is 17.3. The van der Waals surface area contributed by atoms with Gasteiger partial charge in [-0.25, -0.2) is 0 Å². The van der Waals surface area contributed by atoms with Crippen LogP contribution in [0.1, 0.15) is 50.6 Å². The number of rotatable bonds is 7. The van der Waals surface area contributed by atoms with Crippen LogP contribution in [0.4, 0.5) is 0 Å². The van der Waals surface area contributed by atoms with Crippen molar-refractivity contribution in [2.75, 3.05) is 26.7 Å². The number of unbranched alkanes of at least 4 members (excludes halogenated alkanes) is 1. The minimum absolute atomic E-state index is 0.00101. The van der Waals surface area contributed by atoms with E-state index >= 15 is 0 Å². The van der Waals surface area contributed by atoms with E-state index in [0.717, 1.165) is 24.2 Å². The van der Waals surface area contributed by atoms with Crippen LogP contribution in [0.3, 0.4) is 0 Å². The van der Waals surface area contributed by atoms with Crippen molar-refractivity contribution in [1.29, 1.82) is 0 Å². The van der Waals surface area contributed by atoms with Crippen molar-refractivity contribution >= 4 is 17.7 Å². The predicted molar refractivity (Wildman–Crippen MR) is 109 cm³/mol. The van der Waals surface area contributed by atoms with Crippen molar-refractivity contribution in [3.63, 3.8) is 0 Å². The smallest absolute Gasteiger partial charge is 0.228 e. The summed E-state index contributed by atoms with van der Waals surface area (Å²) in [6.45, 7) is 3.77. The SMILES string of the molecule is CCCCN1C(=O)CC(C(=O)N2CCC(C(N)=O)CC2)C1c1ccc(OC)cc1. The maximum atomic E-state index is 13.4. The fourth-order valence-corrected chi connectivity index (χ4v) is 4.44. The molecule has 0 aromatic heterocycles. The minimum Gasteiger partial charge on any atom is -0.497 e. The molecule has 2 N–H and O–H groups in total. The van der Waals surface area contributed by atoms with Gasteiger partial charge < -0.3 is 20.3 Å². The molecule has 3 amide bonds. The second-order valence-electron chi connectivity index (χ2n) is 7.97. The molecule has 7 nitrogen and oxygen atoms in total. The predicted octanol–water partition coefficient (Wildman–Crippen LogP) is 2.11. The van der Waals surface area contributed by atoms with Crippen LogP contribution in [0.5, 0.6) is 5.75 Å². The molecule has 2 saturated heterocycles. The zero-order chi connectivity index (χ0) is 21.0. The Kier molecular flexibility index (Phi) is 6.77. The lowest BCUT2D eigenvalue weighted by atomic mass is 9.90. The molecule has 1 aromatic carbocycles. The Morgan fingerprint density at radius 3 is 2.38 bits per heavy atom. The highest BCUT2D eigenvalue weighted by molar-refractivity contribution is 5.90. The van der Waals surface area contributed by atoms with Crippen LogP contribution in [0.25, 0.3) is 0 Å². The van der Waals surface area contributed by atoms with E-state index in [9.17, 15) is 14.4 Å². The van der Waals surface area contributed by atoms with Gasteiger partial charge in [0.1, 0.15) is 5.75 Å². The molecule has 0 saturated carbocycles. The molecule has 29 heavy (non-hydrogen) atoms. The summed E-state index contributed by atoms with van der Waals surface area (Å²) < 4.78 is 5.25. The number of methoxy groups -OCH3 is 1. The van der Waals surface area contributed by atoms with Crippen molar-refractivity contribution in [1.82, 2.24) is 9.80 Å². The monoisotopic (exact) mass is 401 g/mol. The standard InChI is InChI=1S/C22H31N3O4/c1-3-4-11-25-19(26)14-18(20(25)15-5-7-17(29-2)8-6-15)22(28)24-12-9-16(10-13-24)21(23)27/h5-8,16,18,20H,3-4,9-14H2,1-2H3,(H2,23,27). The number of benzene rings is 1. The second-order valence-corrected chi connectivity index (χ2v) is 7.97. The van der Waals surface area contributed by atoms with Crippen LogP contribution in [-0.2, 0) is 14.4 Å². The molecule has 2 fully saturated rings. The van der Waals surface area contributed by atoms with Gasteiger partial charge in [-0.2, -0.15) is 0 Å². The van der Waals surface area contributed by atoms with Crippen LogP contribution in [0.2, 0.25) is 0 Å². The number of piperidine rings is 1. The lowest BCUT2D eigenvalue weighted by molar-refractivity contribution is -0.139. The van der Waals surface area contributed by atoms with Gasteiger partial charge in [0.2, 0.25) is 17.7 Å². The van der Waals surface area contributed by atoms with Gasteiger partial charge in [-0.1, -0.05) is 25.5 Å². The van der Waals surface area contributed by atoms with Gasteiger partial charge in [0, 0.05) is 32.0 Å². The van der Waals surface area contributed by atoms with Crippen LogP contribution >= 0.6 is 0 Å². The molecule has 2 heterocycles. The van der Waals surface area contributed by atoms with Crippen molar-refractivity contribution in [2.24, 2.45) is 17.6 Å². The molecule has 0 bridgehead atoms. The maximum absolute atomic E-state index is 13.4. The number of nitrogens with two attached hydrogens (primary N) is 1. The summed E-state index contributed by atoms with van der Waals surface area (Å²) in [5, 5.41) is 0. The third-order valence-corrected chi connectivity index (χ3v) is 6.17. The number of amides is 3. The Morgan fingerprint density at radius 1 is 1.17 bits per heavy atom. The first kappa shape index (κ1) is 21.1. The molecule has 1 aromatic rings. The Balaban J connectivity index is 1.81.